The second-order valence-corrected chi connectivity index (χ2v) is 11.2. The fourth-order valence-corrected chi connectivity index (χ4v) is 7.07. The zero-order valence-electron chi connectivity index (χ0n) is 19.7. The average molecular weight is 490 g/mol. The molecule has 0 bridgehead atoms. The van der Waals surface area contributed by atoms with Crippen LogP contribution in [0.4, 0.5) is 0 Å². The van der Waals surface area contributed by atoms with Gasteiger partial charge in [0.2, 0.25) is 15.9 Å². The van der Waals surface area contributed by atoms with Gasteiger partial charge in [-0.3, -0.25) is 4.79 Å². The van der Waals surface area contributed by atoms with Crippen LogP contribution in [0.1, 0.15) is 55.2 Å². The van der Waals surface area contributed by atoms with Gasteiger partial charge >= 0.3 is 0 Å². The lowest BCUT2D eigenvalue weighted by molar-refractivity contribution is -0.137. The summed E-state index contributed by atoms with van der Waals surface area (Å²) < 4.78 is 44.3. The third-order valence-electron chi connectivity index (χ3n) is 7.06. The molecule has 0 aliphatic carbocycles. The summed E-state index contributed by atoms with van der Waals surface area (Å²) in [6.45, 7) is 5.85. The molecule has 1 atom stereocenters. The number of aryl methyl sites for hydroxylation is 2. The molecule has 1 aromatic carbocycles. The number of benzene rings is 1. The first-order valence-electron chi connectivity index (χ1n) is 12.0. The monoisotopic (exact) mass is 489 g/mol. The van der Waals surface area contributed by atoms with Gasteiger partial charge < -0.3 is 18.9 Å². The van der Waals surface area contributed by atoms with E-state index >= 15 is 0 Å². The van der Waals surface area contributed by atoms with Gasteiger partial charge in [-0.05, 0) is 57.2 Å². The molecule has 2 aromatic rings. The fourth-order valence-electron chi connectivity index (χ4n) is 5.31. The Balaban J connectivity index is 1.27. The number of piperidine rings is 1. The Kier molecular flexibility index (Phi) is 6.28. The third-order valence-corrected chi connectivity index (χ3v) is 9.20. The smallest absolute Gasteiger partial charge is 0.248 e. The first-order chi connectivity index (χ1) is 16.4. The normalized spacial score (nSPS) is 22.1. The van der Waals surface area contributed by atoms with E-state index in [1.165, 1.54) is 4.31 Å². The van der Waals surface area contributed by atoms with Crippen LogP contribution in [0.15, 0.2) is 27.6 Å². The molecule has 2 saturated heterocycles. The maximum Gasteiger partial charge on any atom is 0.248 e. The highest BCUT2D eigenvalue weighted by Crippen LogP contribution is 2.39. The summed E-state index contributed by atoms with van der Waals surface area (Å²) in [4.78, 5) is 15.6. The second-order valence-electron chi connectivity index (χ2n) is 9.28. The molecule has 5 rings (SSSR count). The minimum absolute atomic E-state index is 0.00807. The van der Waals surface area contributed by atoms with Crippen molar-refractivity contribution in [1.82, 2.24) is 14.4 Å². The van der Waals surface area contributed by atoms with E-state index in [0.29, 0.717) is 50.6 Å². The number of hydrogen-bond acceptors (Lipinski definition) is 7. The highest BCUT2D eigenvalue weighted by Gasteiger charge is 2.39. The van der Waals surface area contributed by atoms with Crippen LogP contribution in [0.25, 0.3) is 0 Å². The van der Waals surface area contributed by atoms with Crippen LogP contribution < -0.4 is 9.47 Å². The molecule has 2 fully saturated rings. The van der Waals surface area contributed by atoms with Gasteiger partial charge in [0, 0.05) is 32.0 Å². The van der Waals surface area contributed by atoms with Gasteiger partial charge in [0.05, 0.1) is 19.3 Å². The molecule has 34 heavy (non-hydrogen) atoms. The number of ether oxygens (including phenoxy) is 2. The van der Waals surface area contributed by atoms with Crippen molar-refractivity contribution in [2.24, 2.45) is 5.92 Å². The van der Waals surface area contributed by atoms with Crippen molar-refractivity contribution in [2.45, 2.75) is 56.9 Å². The minimum Gasteiger partial charge on any atom is -0.490 e. The van der Waals surface area contributed by atoms with E-state index in [4.69, 9.17) is 14.0 Å². The van der Waals surface area contributed by atoms with Crippen LogP contribution in [-0.4, -0.2) is 61.5 Å². The van der Waals surface area contributed by atoms with Gasteiger partial charge in [-0.1, -0.05) is 11.2 Å². The zero-order chi connectivity index (χ0) is 23.9. The van der Waals surface area contributed by atoms with E-state index in [9.17, 15) is 13.2 Å². The molecule has 3 aliphatic heterocycles. The Morgan fingerprint density at radius 1 is 1.00 bits per heavy atom. The number of carbonyl (C=O) groups excluding carboxylic acids is 1. The molecule has 1 unspecified atom stereocenters. The van der Waals surface area contributed by atoms with Gasteiger partial charge in [0.1, 0.15) is 10.6 Å². The second kappa shape index (κ2) is 9.22. The summed E-state index contributed by atoms with van der Waals surface area (Å²) in [5, 5.41) is 3.78. The topological polar surface area (TPSA) is 102 Å². The Morgan fingerprint density at radius 2 is 1.74 bits per heavy atom. The molecule has 10 heteroatoms. The SMILES string of the molecule is Cc1noc(C)c1S(=O)(=O)N1CCC(C(=O)N2CCCC2c2ccc3c(c2)OCCCO3)CC1. The quantitative estimate of drug-likeness (QED) is 0.650. The van der Waals surface area contributed by atoms with Crippen molar-refractivity contribution >= 4 is 15.9 Å². The van der Waals surface area contributed by atoms with Crippen LogP contribution in [0.5, 0.6) is 11.5 Å². The largest absolute Gasteiger partial charge is 0.490 e. The number of carbonyl (C=O) groups is 1. The number of sulfonamides is 1. The number of rotatable bonds is 4. The number of fused-ring (bicyclic) bond motifs is 1. The molecular formula is C24H31N3O6S. The molecule has 9 nitrogen and oxygen atoms in total. The van der Waals surface area contributed by atoms with Crippen LogP contribution in [0.2, 0.25) is 0 Å². The van der Waals surface area contributed by atoms with Crippen molar-refractivity contribution in [3.05, 3.63) is 35.2 Å². The Hall–Kier alpha value is -2.59. The summed E-state index contributed by atoms with van der Waals surface area (Å²) >= 11 is 0. The maximum absolute atomic E-state index is 13.5. The predicted molar refractivity (Wildman–Crippen MR) is 123 cm³/mol. The molecule has 0 radical (unpaired) electrons. The maximum atomic E-state index is 13.5. The van der Waals surface area contributed by atoms with E-state index in [1.54, 1.807) is 13.8 Å². The van der Waals surface area contributed by atoms with Crippen LogP contribution in [0.3, 0.4) is 0 Å². The summed E-state index contributed by atoms with van der Waals surface area (Å²) in [5.41, 5.74) is 1.43. The molecule has 0 saturated carbocycles. The lowest BCUT2D eigenvalue weighted by atomic mass is 9.95. The van der Waals surface area contributed by atoms with Gasteiger partial charge in [-0.15, -0.1) is 0 Å². The molecule has 0 N–H and O–H groups in total. The third kappa shape index (κ3) is 4.17. The van der Waals surface area contributed by atoms with Crippen LogP contribution in [0, 0.1) is 19.8 Å². The predicted octanol–water partition coefficient (Wildman–Crippen LogP) is 3.22. The summed E-state index contributed by atoms with van der Waals surface area (Å²) in [6.07, 6.45) is 3.72. The minimum atomic E-state index is -3.69. The molecular weight excluding hydrogens is 458 g/mol. The van der Waals surface area contributed by atoms with Crippen molar-refractivity contribution in [2.75, 3.05) is 32.8 Å². The summed E-state index contributed by atoms with van der Waals surface area (Å²) in [5.74, 6) is 1.73. The standard InChI is InChI=1S/C24H31N3O6S/c1-16-23(17(2)33-25-16)34(29,30)26-11-8-18(9-12-26)24(28)27-10-3-5-20(27)19-6-7-21-22(15-19)32-14-4-13-31-21/h6-7,15,18,20H,3-5,8-14H2,1-2H3. The van der Waals surface area contributed by atoms with E-state index in [1.807, 2.05) is 23.1 Å². The number of hydrogen-bond donors (Lipinski definition) is 0. The highest BCUT2D eigenvalue weighted by atomic mass is 32.2. The van der Waals surface area contributed by atoms with Crippen LogP contribution >= 0.6 is 0 Å². The van der Waals surface area contributed by atoms with E-state index in [2.05, 4.69) is 5.16 Å². The van der Waals surface area contributed by atoms with Crippen molar-refractivity contribution in [1.29, 1.82) is 0 Å². The van der Waals surface area contributed by atoms with Crippen LogP contribution in [-0.2, 0) is 14.8 Å². The molecule has 1 amide bonds. The van der Waals surface area contributed by atoms with Gasteiger partial charge in [-0.2, -0.15) is 4.31 Å². The molecule has 4 heterocycles. The van der Waals surface area contributed by atoms with Crippen molar-refractivity contribution < 1.29 is 27.2 Å². The Labute approximate surface area is 200 Å². The van der Waals surface area contributed by atoms with Gasteiger partial charge in [0.15, 0.2) is 17.3 Å². The van der Waals surface area contributed by atoms with Gasteiger partial charge in [0.25, 0.3) is 0 Å². The lowest BCUT2D eigenvalue weighted by Crippen LogP contribution is -2.44. The Bertz CT molecular complexity index is 1150. The number of likely N-dealkylation sites (tertiary alicyclic amines) is 1. The molecule has 3 aliphatic rings. The number of aromatic nitrogens is 1. The molecule has 184 valence electrons. The highest BCUT2D eigenvalue weighted by molar-refractivity contribution is 7.89. The first kappa shape index (κ1) is 23.2. The van der Waals surface area contributed by atoms with E-state index < -0.39 is 10.0 Å². The first-order valence-corrected chi connectivity index (χ1v) is 13.4. The van der Waals surface area contributed by atoms with Crippen molar-refractivity contribution in [3.8, 4) is 11.5 Å². The summed E-state index contributed by atoms with van der Waals surface area (Å²) in [7, 11) is -3.69. The average Bonchev–Trinajstić information content (AvgIpc) is 3.38. The number of amides is 1. The zero-order valence-corrected chi connectivity index (χ0v) is 20.5. The van der Waals surface area contributed by atoms with Crippen molar-refractivity contribution in [3.63, 3.8) is 0 Å². The Morgan fingerprint density at radius 3 is 2.44 bits per heavy atom. The molecule has 0 spiro atoms. The lowest BCUT2D eigenvalue weighted by Gasteiger charge is -2.34. The summed E-state index contributed by atoms with van der Waals surface area (Å²) in [6, 6.07) is 5.99. The molecule has 1 aromatic heterocycles. The van der Waals surface area contributed by atoms with E-state index in [0.717, 1.165) is 42.9 Å². The number of nitrogens with zero attached hydrogens (tertiary/aromatic N) is 3. The van der Waals surface area contributed by atoms with E-state index in [-0.39, 0.29) is 22.8 Å². The fraction of sp³-hybridized carbons (Fsp3) is 0.583. The van der Waals surface area contributed by atoms with Gasteiger partial charge in [-0.25, -0.2) is 8.42 Å².